The van der Waals surface area contributed by atoms with E-state index in [2.05, 4.69) is 4.98 Å². The molecule has 108 valence electrons. The van der Waals surface area contributed by atoms with Gasteiger partial charge in [-0.05, 0) is 43.7 Å². The van der Waals surface area contributed by atoms with Crippen LogP contribution in [0.5, 0.6) is 0 Å². The maximum Gasteiger partial charge on any atom is 0.160 e. The molecule has 0 saturated carbocycles. The van der Waals surface area contributed by atoms with Crippen molar-refractivity contribution < 1.29 is 8.78 Å². The average molecular weight is 307 g/mol. The van der Waals surface area contributed by atoms with Gasteiger partial charge in [0, 0.05) is 6.07 Å². The number of alkyl halides is 1. The highest BCUT2D eigenvalue weighted by Gasteiger charge is 2.17. The first-order valence-corrected chi connectivity index (χ1v) is 6.99. The third-order valence-corrected chi connectivity index (χ3v) is 3.55. The summed E-state index contributed by atoms with van der Waals surface area (Å²) < 4.78 is 28.5. The molecule has 0 bridgehead atoms. The van der Waals surface area contributed by atoms with E-state index in [0.29, 0.717) is 11.5 Å². The van der Waals surface area contributed by atoms with E-state index in [-0.39, 0.29) is 5.38 Å². The number of fused-ring (bicyclic) bond motifs is 1. The molecular weight excluding hydrogens is 294 g/mol. The molecule has 21 heavy (non-hydrogen) atoms. The molecule has 1 atom stereocenters. The first-order chi connectivity index (χ1) is 9.97. The monoisotopic (exact) mass is 306 g/mol. The first-order valence-electron chi connectivity index (χ1n) is 6.56. The molecule has 1 heterocycles. The number of hydrogen-bond donors (Lipinski definition) is 0. The molecule has 5 heteroatoms. The molecule has 0 saturated heterocycles. The van der Waals surface area contributed by atoms with E-state index in [1.165, 1.54) is 6.07 Å². The molecule has 2 aromatic carbocycles. The lowest BCUT2D eigenvalue weighted by molar-refractivity contribution is 0.508. The summed E-state index contributed by atoms with van der Waals surface area (Å²) in [5, 5.41) is -0.356. The van der Waals surface area contributed by atoms with Gasteiger partial charge in [-0.2, -0.15) is 0 Å². The highest BCUT2D eigenvalue weighted by molar-refractivity contribution is 6.20. The molecule has 3 aromatic rings. The van der Waals surface area contributed by atoms with Crippen LogP contribution in [0, 0.1) is 18.6 Å². The molecule has 0 amide bonds. The predicted octanol–water partition coefficient (Wildman–Crippen LogP) is 4.91. The molecule has 0 aliphatic carbocycles. The summed E-state index contributed by atoms with van der Waals surface area (Å²) in [6, 6.07) is 9.57. The van der Waals surface area contributed by atoms with Gasteiger partial charge in [-0.3, -0.25) is 4.57 Å². The molecule has 1 unspecified atom stereocenters. The van der Waals surface area contributed by atoms with Crippen molar-refractivity contribution in [3.63, 3.8) is 0 Å². The van der Waals surface area contributed by atoms with E-state index in [1.54, 1.807) is 11.5 Å². The average Bonchev–Trinajstić information content (AvgIpc) is 2.80. The maximum absolute atomic E-state index is 13.5. The van der Waals surface area contributed by atoms with Gasteiger partial charge in [-0.1, -0.05) is 6.07 Å². The van der Waals surface area contributed by atoms with Crippen molar-refractivity contribution in [2.45, 2.75) is 19.2 Å². The Morgan fingerprint density at radius 1 is 1.10 bits per heavy atom. The standard InChI is InChI=1S/C16H13ClF2N2/c1-9-3-6-14-15(7-9)21(16(20-14)10(2)17)11-4-5-12(18)13(19)8-11/h3-8,10H,1-2H3. The smallest absolute Gasteiger partial charge is 0.160 e. The van der Waals surface area contributed by atoms with Crippen LogP contribution in [0.4, 0.5) is 8.78 Å². The lowest BCUT2D eigenvalue weighted by atomic mass is 10.2. The minimum atomic E-state index is -0.893. The van der Waals surface area contributed by atoms with E-state index in [4.69, 9.17) is 11.6 Å². The van der Waals surface area contributed by atoms with Gasteiger partial charge in [0.15, 0.2) is 11.6 Å². The Balaban J connectivity index is 2.35. The third-order valence-electron chi connectivity index (χ3n) is 3.35. The van der Waals surface area contributed by atoms with Crippen molar-refractivity contribution in [2.24, 2.45) is 0 Å². The topological polar surface area (TPSA) is 17.8 Å². The van der Waals surface area contributed by atoms with E-state index >= 15 is 0 Å². The second kappa shape index (κ2) is 5.11. The van der Waals surface area contributed by atoms with Crippen LogP contribution in [0.3, 0.4) is 0 Å². The fourth-order valence-corrected chi connectivity index (χ4v) is 2.51. The largest absolute Gasteiger partial charge is 0.295 e. The van der Waals surface area contributed by atoms with Crippen LogP contribution in [0.2, 0.25) is 0 Å². The fraction of sp³-hybridized carbons (Fsp3) is 0.188. The summed E-state index contributed by atoms with van der Waals surface area (Å²) in [6.45, 7) is 3.76. The number of benzene rings is 2. The number of imidazole rings is 1. The van der Waals surface area contributed by atoms with Gasteiger partial charge in [-0.15, -0.1) is 11.6 Å². The second-order valence-corrected chi connectivity index (χ2v) is 5.67. The van der Waals surface area contributed by atoms with Crippen LogP contribution in [0.15, 0.2) is 36.4 Å². The molecule has 3 rings (SSSR count). The second-order valence-electron chi connectivity index (χ2n) is 5.01. The molecule has 0 aliphatic heterocycles. The molecular formula is C16H13ClF2N2. The Labute approximate surface area is 126 Å². The third kappa shape index (κ3) is 2.40. The number of hydrogen-bond acceptors (Lipinski definition) is 1. The Morgan fingerprint density at radius 3 is 2.52 bits per heavy atom. The van der Waals surface area contributed by atoms with Gasteiger partial charge in [0.25, 0.3) is 0 Å². The Morgan fingerprint density at radius 2 is 1.86 bits per heavy atom. The minimum absolute atomic E-state index is 0.356. The van der Waals surface area contributed by atoms with Crippen LogP contribution >= 0.6 is 11.6 Å². The minimum Gasteiger partial charge on any atom is -0.295 e. The van der Waals surface area contributed by atoms with Crippen LogP contribution < -0.4 is 0 Å². The summed E-state index contributed by atoms with van der Waals surface area (Å²) in [4.78, 5) is 4.50. The zero-order chi connectivity index (χ0) is 15.1. The van der Waals surface area contributed by atoms with Crippen molar-refractivity contribution in [1.29, 1.82) is 0 Å². The van der Waals surface area contributed by atoms with E-state index in [9.17, 15) is 8.78 Å². The zero-order valence-electron chi connectivity index (χ0n) is 11.6. The number of rotatable bonds is 2. The Hall–Kier alpha value is -1.94. The lowest BCUT2D eigenvalue weighted by Crippen LogP contribution is -2.03. The van der Waals surface area contributed by atoms with Gasteiger partial charge >= 0.3 is 0 Å². The number of halogens is 3. The summed E-state index contributed by atoms with van der Waals surface area (Å²) >= 11 is 6.19. The van der Waals surface area contributed by atoms with E-state index in [1.807, 2.05) is 25.1 Å². The van der Waals surface area contributed by atoms with Gasteiger partial charge in [-0.25, -0.2) is 13.8 Å². The highest BCUT2D eigenvalue weighted by Crippen LogP contribution is 2.29. The van der Waals surface area contributed by atoms with Gasteiger partial charge in [0.05, 0.1) is 22.1 Å². The number of aromatic nitrogens is 2. The Kier molecular flexibility index (Phi) is 3.41. The molecule has 0 N–H and O–H groups in total. The fourth-order valence-electron chi connectivity index (χ4n) is 2.37. The number of nitrogens with zero attached hydrogens (tertiary/aromatic N) is 2. The molecule has 0 spiro atoms. The quantitative estimate of drug-likeness (QED) is 0.615. The molecule has 0 radical (unpaired) electrons. The van der Waals surface area contributed by atoms with Crippen LogP contribution in [-0.4, -0.2) is 9.55 Å². The highest BCUT2D eigenvalue weighted by atomic mass is 35.5. The lowest BCUT2D eigenvalue weighted by Gasteiger charge is -2.11. The van der Waals surface area contributed by atoms with Crippen LogP contribution in [-0.2, 0) is 0 Å². The summed E-state index contributed by atoms with van der Waals surface area (Å²) in [5.74, 6) is -1.17. The Bertz CT molecular complexity index is 825. The molecule has 2 nitrogen and oxygen atoms in total. The summed E-state index contributed by atoms with van der Waals surface area (Å²) in [6.07, 6.45) is 0. The predicted molar refractivity (Wildman–Crippen MR) is 80.0 cm³/mol. The zero-order valence-corrected chi connectivity index (χ0v) is 12.3. The summed E-state index contributed by atoms with van der Waals surface area (Å²) in [5.41, 5.74) is 3.15. The van der Waals surface area contributed by atoms with Gasteiger partial charge in [0.2, 0.25) is 0 Å². The summed E-state index contributed by atoms with van der Waals surface area (Å²) in [7, 11) is 0. The normalized spacial score (nSPS) is 12.8. The van der Waals surface area contributed by atoms with Crippen LogP contribution in [0.1, 0.15) is 23.7 Å². The molecule has 0 aliphatic rings. The van der Waals surface area contributed by atoms with Crippen molar-refractivity contribution >= 4 is 22.6 Å². The number of aryl methyl sites for hydroxylation is 1. The van der Waals surface area contributed by atoms with Crippen molar-refractivity contribution in [1.82, 2.24) is 9.55 Å². The van der Waals surface area contributed by atoms with Crippen molar-refractivity contribution in [3.8, 4) is 5.69 Å². The molecule has 1 aromatic heterocycles. The first kappa shape index (κ1) is 14.0. The van der Waals surface area contributed by atoms with Crippen molar-refractivity contribution in [3.05, 3.63) is 59.4 Å². The molecule has 0 fully saturated rings. The van der Waals surface area contributed by atoms with Crippen LogP contribution in [0.25, 0.3) is 16.7 Å². The van der Waals surface area contributed by atoms with Crippen molar-refractivity contribution in [2.75, 3.05) is 0 Å². The van der Waals surface area contributed by atoms with Gasteiger partial charge < -0.3 is 0 Å². The van der Waals surface area contributed by atoms with E-state index in [0.717, 1.165) is 28.7 Å². The van der Waals surface area contributed by atoms with E-state index < -0.39 is 11.6 Å². The van der Waals surface area contributed by atoms with Gasteiger partial charge in [0.1, 0.15) is 5.82 Å². The SMILES string of the molecule is Cc1ccc2nc(C(C)Cl)n(-c3ccc(F)c(F)c3)c2c1. The maximum atomic E-state index is 13.5.